The van der Waals surface area contributed by atoms with E-state index in [1.54, 1.807) is 0 Å². The Morgan fingerprint density at radius 2 is 2.00 bits per heavy atom. The molecule has 1 aromatic carbocycles. The van der Waals surface area contributed by atoms with Crippen molar-refractivity contribution in [3.63, 3.8) is 0 Å². The van der Waals surface area contributed by atoms with E-state index in [9.17, 15) is 5.11 Å². The van der Waals surface area contributed by atoms with Crippen molar-refractivity contribution in [3.8, 4) is 0 Å². The van der Waals surface area contributed by atoms with Gasteiger partial charge in [-0.15, -0.1) is 0 Å². The van der Waals surface area contributed by atoms with E-state index < -0.39 is 0 Å². The van der Waals surface area contributed by atoms with E-state index in [4.69, 9.17) is 4.98 Å². The van der Waals surface area contributed by atoms with Crippen LogP contribution in [0.2, 0.25) is 0 Å². The van der Waals surface area contributed by atoms with Crippen molar-refractivity contribution in [3.05, 3.63) is 42.1 Å². The average molecular weight is 256 g/mol. The van der Waals surface area contributed by atoms with Crippen LogP contribution in [0.1, 0.15) is 18.5 Å². The zero-order chi connectivity index (χ0) is 13.2. The molecule has 0 aliphatic heterocycles. The molecule has 2 aromatic rings. The third kappa shape index (κ3) is 2.94. The Morgan fingerprint density at radius 3 is 2.79 bits per heavy atom. The standard InChI is InChI=1S/C16H20N2O/c1-18(10-12-8-15(19)9-12)11-14-7-6-13-4-2-3-5-16(13)17-14/h2-7,12,15,19H,8-11H2,1H3. The van der Waals surface area contributed by atoms with Crippen molar-refractivity contribution in [2.45, 2.75) is 25.5 Å². The van der Waals surface area contributed by atoms with Crippen molar-refractivity contribution >= 4 is 10.9 Å². The van der Waals surface area contributed by atoms with Gasteiger partial charge in [0.15, 0.2) is 0 Å². The van der Waals surface area contributed by atoms with E-state index in [0.29, 0.717) is 5.92 Å². The Balaban J connectivity index is 1.64. The molecule has 1 aliphatic carbocycles. The summed E-state index contributed by atoms with van der Waals surface area (Å²) in [5, 5.41) is 10.5. The summed E-state index contributed by atoms with van der Waals surface area (Å²) >= 11 is 0. The van der Waals surface area contributed by atoms with Crippen molar-refractivity contribution in [2.24, 2.45) is 5.92 Å². The highest BCUT2D eigenvalue weighted by Gasteiger charge is 2.27. The summed E-state index contributed by atoms with van der Waals surface area (Å²) in [6.45, 7) is 1.92. The quantitative estimate of drug-likeness (QED) is 0.912. The molecule has 3 heteroatoms. The third-order valence-corrected chi connectivity index (χ3v) is 3.87. The molecular weight excluding hydrogens is 236 g/mol. The summed E-state index contributed by atoms with van der Waals surface area (Å²) in [7, 11) is 2.13. The van der Waals surface area contributed by atoms with Gasteiger partial charge in [0.2, 0.25) is 0 Å². The number of para-hydroxylation sites is 1. The molecule has 3 rings (SSSR count). The van der Waals surface area contributed by atoms with Crippen molar-refractivity contribution in [1.29, 1.82) is 0 Å². The average Bonchev–Trinajstić information content (AvgIpc) is 2.37. The fourth-order valence-corrected chi connectivity index (χ4v) is 2.83. The van der Waals surface area contributed by atoms with Gasteiger partial charge in [-0.2, -0.15) is 0 Å². The first-order valence-corrected chi connectivity index (χ1v) is 6.92. The summed E-state index contributed by atoms with van der Waals surface area (Å²) < 4.78 is 0. The number of fused-ring (bicyclic) bond motifs is 1. The van der Waals surface area contributed by atoms with E-state index in [1.165, 1.54) is 5.39 Å². The second kappa shape index (κ2) is 5.27. The third-order valence-electron chi connectivity index (χ3n) is 3.87. The Kier molecular flexibility index (Phi) is 3.49. The van der Waals surface area contributed by atoms with Crippen LogP contribution in [-0.4, -0.2) is 34.7 Å². The summed E-state index contributed by atoms with van der Waals surface area (Å²) in [5.41, 5.74) is 2.17. The summed E-state index contributed by atoms with van der Waals surface area (Å²) in [4.78, 5) is 6.99. The maximum atomic E-state index is 9.31. The molecule has 0 atom stereocenters. The molecule has 0 amide bonds. The number of pyridine rings is 1. The predicted molar refractivity (Wildman–Crippen MR) is 76.8 cm³/mol. The van der Waals surface area contributed by atoms with E-state index in [-0.39, 0.29) is 6.10 Å². The van der Waals surface area contributed by atoms with E-state index in [2.05, 4.69) is 36.2 Å². The number of hydrogen-bond donors (Lipinski definition) is 1. The number of aliphatic hydroxyl groups is 1. The highest BCUT2D eigenvalue weighted by molar-refractivity contribution is 5.78. The van der Waals surface area contributed by atoms with Crippen LogP contribution in [0.15, 0.2) is 36.4 Å². The van der Waals surface area contributed by atoms with Gasteiger partial charge < -0.3 is 10.0 Å². The number of benzene rings is 1. The lowest BCUT2D eigenvalue weighted by Gasteiger charge is -2.34. The minimum absolute atomic E-state index is 0.0582. The minimum atomic E-state index is -0.0582. The lowest BCUT2D eigenvalue weighted by molar-refractivity contribution is 0.0272. The second-order valence-electron chi connectivity index (χ2n) is 5.68. The maximum absolute atomic E-state index is 9.31. The molecule has 1 aliphatic rings. The van der Waals surface area contributed by atoms with Crippen molar-refractivity contribution in [1.82, 2.24) is 9.88 Å². The molecule has 19 heavy (non-hydrogen) atoms. The molecule has 1 fully saturated rings. The van der Waals surface area contributed by atoms with Gasteiger partial charge in [-0.3, -0.25) is 4.98 Å². The summed E-state index contributed by atoms with van der Waals surface area (Å²) in [5.74, 6) is 0.653. The van der Waals surface area contributed by atoms with Crippen LogP contribution in [0.3, 0.4) is 0 Å². The molecule has 0 unspecified atom stereocenters. The number of rotatable bonds is 4. The molecule has 0 bridgehead atoms. The van der Waals surface area contributed by atoms with Gasteiger partial charge >= 0.3 is 0 Å². The predicted octanol–water partition coefficient (Wildman–Crippen LogP) is 2.44. The normalized spacial score (nSPS) is 22.7. The summed E-state index contributed by atoms with van der Waals surface area (Å²) in [6, 6.07) is 12.5. The van der Waals surface area contributed by atoms with Gasteiger partial charge in [-0.05, 0) is 37.9 Å². The topological polar surface area (TPSA) is 36.4 Å². The number of nitrogens with zero attached hydrogens (tertiary/aromatic N) is 2. The first kappa shape index (κ1) is 12.6. The Labute approximate surface area is 113 Å². The fourth-order valence-electron chi connectivity index (χ4n) is 2.83. The fraction of sp³-hybridized carbons (Fsp3) is 0.438. The lowest BCUT2D eigenvalue weighted by atomic mass is 9.82. The summed E-state index contributed by atoms with van der Waals surface area (Å²) in [6.07, 6.45) is 1.85. The molecule has 3 nitrogen and oxygen atoms in total. The smallest absolute Gasteiger partial charge is 0.0705 e. The molecule has 1 heterocycles. The molecule has 1 aromatic heterocycles. The van der Waals surface area contributed by atoms with Crippen molar-refractivity contribution in [2.75, 3.05) is 13.6 Å². The molecule has 1 saturated carbocycles. The molecule has 100 valence electrons. The van der Waals surface area contributed by atoms with E-state index in [1.807, 2.05) is 12.1 Å². The first-order chi connectivity index (χ1) is 9.20. The van der Waals surface area contributed by atoms with Crippen LogP contribution in [0.4, 0.5) is 0 Å². The van der Waals surface area contributed by atoms with Gasteiger partial charge in [-0.25, -0.2) is 0 Å². The highest BCUT2D eigenvalue weighted by Crippen LogP contribution is 2.27. The zero-order valence-corrected chi connectivity index (χ0v) is 11.3. The Hall–Kier alpha value is -1.45. The zero-order valence-electron chi connectivity index (χ0n) is 11.3. The van der Waals surface area contributed by atoms with Gasteiger partial charge in [-0.1, -0.05) is 24.3 Å². The van der Waals surface area contributed by atoms with E-state index >= 15 is 0 Å². The first-order valence-electron chi connectivity index (χ1n) is 6.92. The Bertz CT molecular complexity index is 563. The van der Waals surface area contributed by atoms with Gasteiger partial charge in [0, 0.05) is 18.5 Å². The minimum Gasteiger partial charge on any atom is -0.393 e. The molecule has 0 radical (unpaired) electrons. The van der Waals surface area contributed by atoms with Crippen LogP contribution in [0.25, 0.3) is 10.9 Å². The van der Waals surface area contributed by atoms with E-state index in [0.717, 1.165) is 37.1 Å². The lowest BCUT2D eigenvalue weighted by Crippen LogP contribution is -2.36. The molecule has 0 spiro atoms. The van der Waals surface area contributed by atoms with Crippen LogP contribution in [0.5, 0.6) is 0 Å². The largest absolute Gasteiger partial charge is 0.393 e. The van der Waals surface area contributed by atoms with Gasteiger partial charge in [0.1, 0.15) is 0 Å². The van der Waals surface area contributed by atoms with Gasteiger partial charge in [0.05, 0.1) is 17.3 Å². The van der Waals surface area contributed by atoms with Crippen molar-refractivity contribution < 1.29 is 5.11 Å². The van der Waals surface area contributed by atoms with Crippen LogP contribution in [-0.2, 0) is 6.54 Å². The molecule has 0 saturated heterocycles. The van der Waals surface area contributed by atoms with Crippen LogP contribution in [0, 0.1) is 5.92 Å². The number of hydrogen-bond acceptors (Lipinski definition) is 3. The SMILES string of the molecule is CN(Cc1ccc2ccccc2n1)CC1CC(O)C1. The number of aromatic nitrogens is 1. The van der Waals surface area contributed by atoms with Gasteiger partial charge in [0.25, 0.3) is 0 Å². The van der Waals surface area contributed by atoms with Crippen LogP contribution >= 0.6 is 0 Å². The Morgan fingerprint density at radius 1 is 1.21 bits per heavy atom. The maximum Gasteiger partial charge on any atom is 0.0705 e. The molecular formula is C16H20N2O. The second-order valence-corrected chi connectivity index (χ2v) is 5.68. The van der Waals surface area contributed by atoms with Crippen LogP contribution < -0.4 is 0 Å². The monoisotopic (exact) mass is 256 g/mol. The highest BCUT2D eigenvalue weighted by atomic mass is 16.3. The molecule has 1 N–H and O–H groups in total. The number of aliphatic hydroxyl groups excluding tert-OH is 1.